The standard InChI is InChI=1S/C40H79NO9/c1-3-5-7-8-9-10-11-12-13-14-15-16-17-18-19-20-21-22-23-24-25-26-27-29-35(44)41-32(36(45)33(43)28-6-4-2)31-49-40-39(48)38(47)37(46)34(30-42)50-40/h32-34,36-40,42-43,45-48H,3-31H2,1-2H3,(H,41,44)/t32-,33+,34+,36-,37-,38-,39+,40-/m0/s1. The van der Waals surface area contributed by atoms with E-state index in [0.29, 0.717) is 12.8 Å². The minimum Gasteiger partial charge on any atom is -0.394 e. The number of ether oxygens (including phenoxy) is 2. The van der Waals surface area contributed by atoms with Gasteiger partial charge in [-0.15, -0.1) is 0 Å². The van der Waals surface area contributed by atoms with Crippen LogP contribution < -0.4 is 5.32 Å². The number of hydrogen-bond donors (Lipinski definition) is 7. The van der Waals surface area contributed by atoms with Crippen LogP contribution in [0, 0.1) is 0 Å². The molecule has 0 spiro atoms. The van der Waals surface area contributed by atoms with Crippen LogP contribution in [0.4, 0.5) is 0 Å². The normalized spacial score (nSPS) is 22.8. The maximum absolute atomic E-state index is 12.8. The first-order valence-electron chi connectivity index (χ1n) is 20.8. The summed E-state index contributed by atoms with van der Waals surface area (Å²) >= 11 is 0. The number of rotatable bonds is 34. The van der Waals surface area contributed by atoms with Crippen LogP contribution in [-0.4, -0.2) is 98.7 Å². The van der Waals surface area contributed by atoms with Gasteiger partial charge >= 0.3 is 0 Å². The van der Waals surface area contributed by atoms with Crippen molar-refractivity contribution in [2.24, 2.45) is 0 Å². The maximum Gasteiger partial charge on any atom is 0.220 e. The summed E-state index contributed by atoms with van der Waals surface area (Å²) < 4.78 is 11.0. The van der Waals surface area contributed by atoms with E-state index in [1.54, 1.807) is 0 Å². The SMILES string of the molecule is CCCCCCCCCCCCCCCCCCCCCCCCCC(=O)N[C@@H](CO[C@H]1O[C@H](CO)[C@H](O)[C@H](O)[C@H]1O)[C@H](O)[C@H](O)CCCC. The molecule has 0 aromatic heterocycles. The molecule has 10 nitrogen and oxygen atoms in total. The van der Waals surface area contributed by atoms with Crippen molar-refractivity contribution in [3.8, 4) is 0 Å². The molecular weight excluding hydrogens is 638 g/mol. The molecule has 1 saturated heterocycles. The molecule has 1 aliphatic heterocycles. The lowest BCUT2D eigenvalue weighted by Crippen LogP contribution is -2.60. The fourth-order valence-electron chi connectivity index (χ4n) is 6.83. The van der Waals surface area contributed by atoms with E-state index in [0.717, 1.165) is 25.7 Å². The largest absolute Gasteiger partial charge is 0.394 e. The first-order chi connectivity index (χ1) is 24.3. The van der Waals surface area contributed by atoms with Crippen LogP contribution in [-0.2, 0) is 14.3 Å². The lowest BCUT2D eigenvalue weighted by molar-refractivity contribution is -0.303. The zero-order valence-corrected chi connectivity index (χ0v) is 32.0. The van der Waals surface area contributed by atoms with Gasteiger partial charge in [0, 0.05) is 6.42 Å². The molecule has 1 fully saturated rings. The summed E-state index contributed by atoms with van der Waals surface area (Å²) in [5.41, 5.74) is 0. The summed E-state index contributed by atoms with van der Waals surface area (Å²) in [6, 6.07) is -0.980. The van der Waals surface area contributed by atoms with E-state index in [4.69, 9.17) is 9.47 Å². The molecule has 0 aliphatic carbocycles. The molecule has 1 rings (SSSR count). The Hall–Kier alpha value is -0.850. The lowest BCUT2D eigenvalue weighted by Gasteiger charge is -2.40. The first-order valence-corrected chi connectivity index (χ1v) is 20.8. The number of aliphatic hydroxyl groups excluding tert-OH is 6. The van der Waals surface area contributed by atoms with Crippen molar-refractivity contribution < 1.29 is 44.9 Å². The zero-order chi connectivity index (χ0) is 36.8. The Morgan fingerprint density at radius 3 is 1.46 bits per heavy atom. The molecule has 0 aromatic rings. The maximum atomic E-state index is 12.8. The average Bonchev–Trinajstić information content (AvgIpc) is 3.11. The zero-order valence-electron chi connectivity index (χ0n) is 32.0. The van der Waals surface area contributed by atoms with Crippen molar-refractivity contribution in [3.05, 3.63) is 0 Å². The Morgan fingerprint density at radius 2 is 1.04 bits per heavy atom. The van der Waals surface area contributed by atoms with E-state index in [-0.39, 0.29) is 18.9 Å². The minimum atomic E-state index is -1.60. The summed E-state index contributed by atoms with van der Waals surface area (Å²) in [7, 11) is 0. The Morgan fingerprint density at radius 1 is 0.620 bits per heavy atom. The van der Waals surface area contributed by atoms with Gasteiger partial charge in [-0.1, -0.05) is 168 Å². The number of carbonyl (C=O) groups is 1. The van der Waals surface area contributed by atoms with Gasteiger partial charge in [-0.05, 0) is 12.8 Å². The quantitative estimate of drug-likeness (QED) is 0.0364. The summed E-state index contributed by atoms with van der Waals surface area (Å²) in [5, 5.41) is 63.8. The summed E-state index contributed by atoms with van der Waals surface area (Å²) in [5.74, 6) is -0.266. The molecule has 7 N–H and O–H groups in total. The van der Waals surface area contributed by atoms with Crippen molar-refractivity contribution in [2.75, 3.05) is 13.2 Å². The molecule has 298 valence electrons. The lowest BCUT2D eigenvalue weighted by atomic mass is 9.99. The van der Waals surface area contributed by atoms with Crippen LogP contribution in [0.25, 0.3) is 0 Å². The number of nitrogens with one attached hydrogen (secondary N) is 1. The second-order valence-corrected chi connectivity index (χ2v) is 14.9. The number of unbranched alkanes of at least 4 members (excludes halogenated alkanes) is 23. The van der Waals surface area contributed by atoms with Crippen LogP contribution >= 0.6 is 0 Å². The van der Waals surface area contributed by atoms with Crippen LogP contribution in [0.5, 0.6) is 0 Å². The van der Waals surface area contributed by atoms with Gasteiger partial charge in [0.2, 0.25) is 5.91 Å². The summed E-state index contributed by atoms with van der Waals surface area (Å²) in [6.45, 7) is 3.35. The average molecular weight is 718 g/mol. The molecule has 1 aliphatic rings. The fraction of sp³-hybridized carbons (Fsp3) is 0.975. The smallest absolute Gasteiger partial charge is 0.220 e. The third-order valence-electron chi connectivity index (χ3n) is 10.3. The van der Waals surface area contributed by atoms with Gasteiger partial charge in [0.05, 0.1) is 25.4 Å². The van der Waals surface area contributed by atoms with Crippen LogP contribution in [0.2, 0.25) is 0 Å². The van der Waals surface area contributed by atoms with Crippen LogP contribution in [0.15, 0.2) is 0 Å². The first kappa shape index (κ1) is 47.2. The van der Waals surface area contributed by atoms with E-state index < -0.39 is 55.6 Å². The van der Waals surface area contributed by atoms with E-state index in [9.17, 15) is 35.4 Å². The Labute approximate surface area is 305 Å². The minimum absolute atomic E-state index is 0.266. The number of hydrogen-bond acceptors (Lipinski definition) is 9. The van der Waals surface area contributed by atoms with Gasteiger partial charge in [0.25, 0.3) is 0 Å². The highest BCUT2D eigenvalue weighted by molar-refractivity contribution is 5.76. The second kappa shape index (κ2) is 31.7. The van der Waals surface area contributed by atoms with Crippen molar-refractivity contribution in [3.63, 3.8) is 0 Å². The van der Waals surface area contributed by atoms with Gasteiger partial charge in [-0.25, -0.2) is 0 Å². The van der Waals surface area contributed by atoms with Gasteiger partial charge in [-0.2, -0.15) is 0 Å². The van der Waals surface area contributed by atoms with E-state index >= 15 is 0 Å². The molecule has 10 heteroatoms. The number of carbonyl (C=O) groups excluding carboxylic acids is 1. The molecule has 0 radical (unpaired) electrons. The molecular formula is C40H79NO9. The van der Waals surface area contributed by atoms with Gasteiger partial charge in [0.15, 0.2) is 6.29 Å². The monoisotopic (exact) mass is 718 g/mol. The van der Waals surface area contributed by atoms with Gasteiger partial charge in [0.1, 0.15) is 30.5 Å². The van der Waals surface area contributed by atoms with Crippen LogP contribution in [0.1, 0.15) is 187 Å². The highest BCUT2D eigenvalue weighted by atomic mass is 16.7. The van der Waals surface area contributed by atoms with Crippen LogP contribution in [0.3, 0.4) is 0 Å². The third-order valence-corrected chi connectivity index (χ3v) is 10.3. The van der Waals surface area contributed by atoms with Crippen molar-refractivity contribution in [2.45, 2.75) is 236 Å². The van der Waals surface area contributed by atoms with Gasteiger partial charge < -0.3 is 45.4 Å². The topological polar surface area (TPSA) is 169 Å². The Kier molecular flexibility index (Phi) is 29.9. The third kappa shape index (κ3) is 22.3. The van der Waals surface area contributed by atoms with Crippen molar-refractivity contribution in [1.29, 1.82) is 0 Å². The fourth-order valence-corrected chi connectivity index (χ4v) is 6.83. The molecule has 50 heavy (non-hydrogen) atoms. The van der Waals surface area contributed by atoms with Crippen molar-refractivity contribution in [1.82, 2.24) is 5.32 Å². The number of amides is 1. The Bertz CT molecular complexity index is 773. The molecule has 1 heterocycles. The molecule has 0 bridgehead atoms. The molecule has 0 saturated carbocycles. The van der Waals surface area contributed by atoms with E-state index in [2.05, 4.69) is 12.2 Å². The molecule has 0 unspecified atom stereocenters. The molecule has 0 aromatic carbocycles. The Balaban J connectivity index is 2.13. The highest BCUT2D eigenvalue weighted by Crippen LogP contribution is 2.23. The molecule has 1 amide bonds. The van der Waals surface area contributed by atoms with Gasteiger partial charge in [-0.3, -0.25) is 4.79 Å². The van der Waals surface area contributed by atoms with E-state index in [1.165, 1.54) is 128 Å². The van der Waals surface area contributed by atoms with E-state index in [1.807, 2.05) is 6.92 Å². The summed E-state index contributed by atoms with van der Waals surface area (Å²) in [4.78, 5) is 12.8. The highest BCUT2D eigenvalue weighted by Gasteiger charge is 2.44. The van der Waals surface area contributed by atoms with Crippen molar-refractivity contribution >= 4 is 5.91 Å². The molecule has 8 atom stereocenters. The predicted octanol–water partition coefficient (Wildman–Crippen LogP) is 6.58. The summed E-state index contributed by atoms with van der Waals surface area (Å²) in [6.07, 6.45) is 22.6. The number of aliphatic hydroxyl groups is 6. The predicted molar refractivity (Wildman–Crippen MR) is 200 cm³/mol. The second-order valence-electron chi connectivity index (χ2n) is 14.9.